The number of halogens is 1. The van der Waals surface area contributed by atoms with Crippen LogP contribution in [0.1, 0.15) is 16.7 Å². The van der Waals surface area contributed by atoms with E-state index in [2.05, 4.69) is 21.6 Å². The summed E-state index contributed by atoms with van der Waals surface area (Å²) in [5.41, 5.74) is 3.33. The molecule has 3 rings (SSSR count). The summed E-state index contributed by atoms with van der Waals surface area (Å²) >= 11 is 8.78. The zero-order valence-corrected chi connectivity index (χ0v) is 17.2. The average molecular weight is 420 g/mol. The lowest BCUT2D eigenvalue weighted by molar-refractivity contribution is -0.118. The molecule has 0 bridgehead atoms. The molecule has 5 nitrogen and oxygen atoms in total. The van der Waals surface area contributed by atoms with Crippen LogP contribution in [-0.2, 0) is 10.5 Å². The Labute approximate surface area is 171 Å². The molecule has 1 aromatic heterocycles. The number of rotatable bonds is 7. The minimum absolute atomic E-state index is 0.0737. The lowest BCUT2D eigenvalue weighted by Gasteiger charge is -2.07. The third-order valence-electron chi connectivity index (χ3n) is 3.49. The number of aromatic nitrogens is 2. The predicted molar refractivity (Wildman–Crippen MR) is 111 cm³/mol. The first-order valence-electron chi connectivity index (χ1n) is 8.19. The molecule has 0 radical (unpaired) electrons. The first kappa shape index (κ1) is 19.7. The number of carbonyl (C=O) groups excluding carboxylic acids is 1. The highest BCUT2D eigenvalue weighted by Gasteiger charge is 2.10. The molecule has 0 spiro atoms. The Morgan fingerprint density at radius 2 is 1.85 bits per heavy atom. The van der Waals surface area contributed by atoms with Gasteiger partial charge in [-0.05, 0) is 54.8 Å². The number of ether oxygens (including phenoxy) is 1. The summed E-state index contributed by atoms with van der Waals surface area (Å²) in [6, 6.07) is 13.5. The molecule has 0 saturated carbocycles. The smallest absolute Gasteiger partial charge is 0.264 e. The number of hydrogen-bond acceptors (Lipinski definition) is 6. The van der Waals surface area contributed by atoms with E-state index in [9.17, 15) is 4.79 Å². The van der Waals surface area contributed by atoms with Crippen LogP contribution in [-0.4, -0.2) is 22.7 Å². The molecule has 0 aliphatic carbocycles. The molecule has 0 atom stereocenters. The van der Waals surface area contributed by atoms with Crippen molar-refractivity contribution in [3.63, 3.8) is 0 Å². The molecule has 27 heavy (non-hydrogen) atoms. The SMILES string of the molecule is Cc1cc(C)cc(OCC(=O)Nc2nnc(SCc3ccc(Cl)cc3)s2)c1. The van der Waals surface area contributed by atoms with Crippen LogP contribution >= 0.6 is 34.7 Å². The van der Waals surface area contributed by atoms with Crippen molar-refractivity contribution >= 4 is 45.7 Å². The van der Waals surface area contributed by atoms with Crippen molar-refractivity contribution < 1.29 is 9.53 Å². The molecule has 0 aliphatic heterocycles. The monoisotopic (exact) mass is 419 g/mol. The number of nitrogens with one attached hydrogen (secondary N) is 1. The van der Waals surface area contributed by atoms with Gasteiger partial charge in [0.2, 0.25) is 5.13 Å². The van der Waals surface area contributed by atoms with Crippen LogP contribution in [0.15, 0.2) is 46.8 Å². The molecule has 1 amide bonds. The van der Waals surface area contributed by atoms with Gasteiger partial charge in [-0.25, -0.2) is 0 Å². The molecule has 0 unspecified atom stereocenters. The first-order valence-corrected chi connectivity index (χ1v) is 10.4. The summed E-state index contributed by atoms with van der Waals surface area (Å²) < 4.78 is 6.34. The largest absolute Gasteiger partial charge is 0.484 e. The highest BCUT2D eigenvalue weighted by molar-refractivity contribution is 8.00. The van der Waals surface area contributed by atoms with Crippen molar-refractivity contribution in [1.29, 1.82) is 0 Å². The second kappa shape index (κ2) is 9.21. The van der Waals surface area contributed by atoms with E-state index < -0.39 is 0 Å². The van der Waals surface area contributed by atoms with E-state index in [1.807, 2.05) is 50.2 Å². The van der Waals surface area contributed by atoms with Crippen LogP contribution in [0.2, 0.25) is 5.02 Å². The molecule has 140 valence electrons. The fraction of sp³-hybridized carbons (Fsp3) is 0.211. The molecule has 8 heteroatoms. The second-order valence-electron chi connectivity index (χ2n) is 5.95. The Morgan fingerprint density at radius 3 is 2.56 bits per heavy atom. The van der Waals surface area contributed by atoms with Crippen LogP contribution in [0.5, 0.6) is 5.75 Å². The van der Waals surface area contributed by atoms with Crippen LogP contribution in [0.25, 0.3) is 0 Å². The summed E-state index contributed by atoms with van der Waals surface area (Å²) in [5.74, 6) is 1.17. The second-order valence-corrected chi connectivity index (χ2v) is 8.58. The van der Waals surface area contributed by atoms with Gasteiger partial charge >= 0.3 is 0 Å². The van der Waals surface area contributed by atoms with Crippen LogP contribution in [0, 0.1) is 13.8 Å². The summed E-state index contributed by atoms with van der Waals surface area (Å²) in [7, 11) is 0. The van der Waals surface area contributed by atoms with Gasteiger partial charge in [0.15, 0.2) is 10.9 Å². The van der Waals surface area contributed by atoms with Crippen LogP contribution < -0.4 is 10.1 Å². The van der Waals surface area contributed by atoms with Gasteiger partial charge in [-0.15, -0.1) is 10.2 Å². The highest BCUT2D eigenvalue weighted by Crippen LogP contribution is 2.28. The van der Waals surface area contributed by atoms with Gasteiger partial charge in [-0.3, -0.25) is 10.1 Å². The Balaban J connectivity index is 1.48. The standard InChI is InChI=1S/C19H18ClN3O2S2/c1-12-7-13(2)9-16(8-12)25-10-17(24)21-18-22-23-19(27-18)26-11-14-3-5-15(20)6-4-14/h3-9H,10-11H2,1-2H3,(H,21,22,24). The lowest BCUT2D eigenvalue weighted by Crippen LogP contribution is -2.20. The minimum Gasteiger partial charge on any atom is -0.484 e. The summed E-state index contributed by atoms with van der Waals surface area (Å²) in [4.78, 5) is 12.1. The number of nitrogens with zero attached hydrogens (tertiary/aromatic N) is 2. The number of hydrogen-bond donors (Lipinski definition) is 1. The fourth-order valence-corrected chi connectivity index (χ4v) is 4.21. The van der Waals surface area contributed by atoms with Gasteiger partial charge in [0.05, 0.1) is 0 Å². The topological polar surface area (TPSA) is 64.1 Å². The number of benzene rings is 2. The zero-order chi connectivity index (χ0) is 19.2. The maximum Gasteiger partial charge on any atom is 0.264 e. The molecular formula is C19H18ClN3O2S2. The van der Waals surface area contributed by atoms with Gasteiger partial charge in [0, 0.05) is 10.8 Å². The molecule has 3 aromatic rings. The van der Waals surface area contributed by atoms with Gasteiger partial charge in [-0.2, -0.15) is 0 Å². The molecule has 1 N–H and O–H groups in total. The van der Waals surface area contributed by atoms with E-state index in [0.29, 0.717) is 15.9 Å². The van der Waals surface area contributed by atoms with Crippen LogP contribution in [0.3, 0.4) is 0 Å². The van der Waals surface area contributed by atoms with Crippen molar-refractivity contribution in [2.75, 3.05) is 11.9 Å². The van der Waals surface area contributed by atoms with Crippen molar-refractivity contribution in [2.45, 2.75) is 23.9 Å². The molecule has 1 heterocycles. The van der Waals surface area contributed by atoms with Crippen molar-refractivity contribution in [2.24, 2.45) is 0 Å². The molecule has 0 aliphatic rings. The zero-order valence-electron chi connectivity index (χ0n) is 14.9. The van der Waals surface area contributed by atoms with E-state index in [1.165, 1.54) is 11.3 Å². The Morgan fingerprint density at radius 1 is 1.15 bits per heavy atom. The fourth-order valence-electron chi connectivity index (χ4n) is 2.36. The van der Waals surface area contributed by atoms with Gasteiger partial charge in [0.25, 0.3) is 5.91 Å². The van der Waals surface area contributed by atoms with Crippen molar-refractivity contribution in [3.05, 3.63) is 64.2 Å². The maximum atomic E-state index is 12.1. The van der Waals surface area contributed by atoms with Gasteiger partial charge in [0.1, 0.15) is 5.75 Å². The number of anilines is 1. The van der Waals surface area contributed by atoms with Crippen molar-refractivity contribution in [3.8, 4) is 5.75 Å². The Kier molecular flexibility index (Phi) is 6.71. The van der Waals surface area contributed by atoms with E-state index in [1.54, 1.807) is 11.8 Å². The Hall–Kier alpha value is -2.09. The number of aryl methyl sites for hydroxylation is 2. The third kappa shape index (κ3) is 6.23. The normalized spacial score (nSPS) is 10.6. The first-order chi connectivity index (χ1) is 13.0. The highest BCUT2D eigenvalue weighted by atomic mass is 35.5. The molecular weight excluding hydrogens is 402 g/mol. The van der Waals surface area contributed by atoms with Crippen LogP contribution in [0.4, 0.5) is 5.13 Å². The molecule has 0 fully saturated rings. The lowest BCUT2D eigenvalue weighted by atomic mass is 10.1. The Bertz CT molecular complexity index is 909. The van der Waals surface area contributed by atoms with Gasteiger partial charge < -0.3 is 4.74 Å². The maximum absolute atomic E-state index is 12.1. The minimum atomic E-state index is -0.264. The van der Waals surface area contributed by atoms with E-state index in [-0.39, 0.29) is 12.5 Å². The summed E-state index contributed by atoms with van der Waals surface area (Å²) in [6.45, 7) is 3.91. The summed E-state index contributed by atoms with van der Waals surface area (Å²) in [6.07, 6.45) is 0. The van der Waals surface area contributed by atoms with Crippen molar-refractivity contribution in [1.82, 2.24) is 10.2 Å². The summed E-state index contributed by atoms with van der Waals surface area (Å²) in [5, 5.41) is 12.0. The average Bonchev–Trinajstić information content (AvgIpc) is 3.06. The van der Waals surface area contributed by atoms with Gasteiger partial charge in [-0.1, -0.05) is 52.9 Å². The third-order valence-corrected chi connectivity index (χ3v) is 5.79. The predicted octanol–water partition coefficient (Wildman–Crippen LogP) is 5.12. The van der Waals surface area contributed by atoms with E-state index in [4.69, 9.17) is 16.3 Å². The van der Waals surface area contributed by atoms with E-state index in [0.717, 1.165) is 26.8 Å². The van der Waals surface area contributed by atoms with E-state index >= 15 is 0 Å². The molecule has 2 aromatic carbocycles. The number of amides is 1. The quantitative estimate of drug-likeness (QED) is 0.425. The number of carbonyl (C=O) groups is 1. The number of thioether (sulfide) groups is 1. The molecule has 0 saturated heterocycles.